The minimum Gasteiger partial charge on any atom is -0.490 e. The van der Waals surface area contributed by atoms with Crippen molar-refractivity contribution in [3.63, 3.8) is 0 Å². The molecule has 1 aliphatic heterocycles. The Labute approximate surface area is 218 Å². The Kier molecular flexibility index (Phi) is 9.72. The highest BCUT2D eigenvalue weighted by atomic mass is 16.7. The lowest BCUT2D eigenvalue weighted by Gasteiger charge is -2.40. The molecule has 3 rings (SSSR count). The molecule has 1 aliphatic rings. The summed E-state index contributed by atoms with van der Waals surface area (Å²) in [4.78, 5) is 12.4. The van der Waals surface area contributed by atoms with Gasteiger partial charge in [-0.25, -0.2) is 4.79 Å². The van der Waals surface area contributed by atoms with Gasteiger partial charge in [0.05, 0.1) is 19.8 Å². The van der Waals surface area contributed by atoms with Crippen LogP contribution in [0.5, 0.6) is 17.2 Å². The molecular formula is C25H33N3O10. The van der Waals surface area contributed by atoms with E-state index in [4.69, 9.17) is 30.1 Å². The van der Waals surface area contributed by atoms with Crippen LogP contribution in [-0.2, 0) is 9.53 Å². The lowest BCUT2D eigenvalue weighted by atomic mass is 9.99. The number of carboxylic acids is 1. The molecule has 2 aromatic carbocycles. The summed E-state index contributed by atoms with van der Waals surface area (Å²) in [7, 11) is 0. The van der Waals surface area contributed by atoms with Crippen LogP contribution in [0.25, 0.3) is 0 Å². The van der Waals surface area contributed by atoms with E-state index < -0.39 is 49.3 Å². The van der Waals surface area contributed by atoms with Gasteiger partial charge in [0.15, 0.2) is 17.5 Å². The summed E-state index contributed by atoms with van der Waals surface area (Å²) in [6.45, 7) is 3.33. The van der Waals surface area contributed by atoms with Gasteiger partial charge in [0.1, 0.15) is 36.0 Å². The lowest BCUT2D eigenvalue weighted by Crippen LogP contribution is -2.60. The molecule has 1 saturated heterocycles. The van der Waals surface area contributed by atoms with Gasteiger partial charge in [-0.2, -0.15) is 0 Å². The highest BCUT2D eigenvalue weighted by Gasteiger charge is 2.45. The Morgan fingerprint density at radius 2 is 1.63 bits per heavy atom. The summed E-state index contributed by atoms with van der Waals surface area (Å²) < 4.78 is 22.6. The second-order valence-electron chi connectivity index (χ2n) is 8.42. The number of aliphatic hydroxyl groups is 4. The van der Waals surface area contributed by atoms with Crippen LogP contribution in [0.3, 0.4) is 0 Å². The molecule has 2 aromatic rings. The van der Waals surface area contributed by atoms with Crippen molar-refractivity contribution in [1.29, 1.82) is 5.41 Å². The topological polar surface area (TPSA) is 217 Å². The molecule has 0 aliphatic carbocycles. The Bertz CT molecular complexity index is 1110. The number of nitrogens with two attached hydrogens (primary N) is 1. The number of nitrogen functional groups attached to an aromatic ring is 1. The van der Waals surface area contributed by atoms with Gasteiger partial charge in [-0.1, -0.05) is 0 Å². The molecule has 6 atom stereocenters. The standard InChI is InChI=1S/C25H33N3O10/c1-3-35-16-9-14(19(24(33)34)28-13-7-5-12(6-8-13)23(26)27)15(10-17(16)36-4-2)37-25-22(32)21(31)20(30)18(11-29)38-25/h5-10,18-22,25,28-32H,3-4,11H2,1-2H3,(H3,26,27)(H,33,34)/t18-,19-,20-,21+,22-,25-/m1/s1. The van der Waals surface area contributed by atoms with Crippen molar-refractivity contribution in [2.45, 2.75) is 50.6 Å². The van der Waals surface area contributed by atoms with E-state index in [0.29, 0.717) is 11.3 Å². The average molecular weight is 536 g/mol. The Morgan fingerprint density at radius 3 is 2.16 bits per heavy atom. The van der Waals surface area contributed by atoms with E-state index in [-0.39, 0.29) is 41.9 Å². The van der Waals surface area contributed by atoms with Crippen molar-refractivity contribution in [2.75, 3.05) is 25.1 Å². The number of ether oxygens (including phenoxy) is 4. The molecular weight excluding hydrogens is 502 g/mol. The molecule has 0 aromatic heterocycles. The smallest absolute Gasteiger partial charge is 0.330 e. The molecule has 9 N–H and O–H groups in total. The molecule has 0 spiro atoms. The summed E-state index contributed by atoms with van der Waals surface area (Å²) >= 11 is 0. The fraction of sp³-hybridized carbons (Fsp3) is 0.440. The van der Waals surface area contributed by atoms with Gasteiger partial charge in [-0.05, 0) is 44.2 Å². The monoisotopic (exact) mass is 535 g/mol. The van der Waals surface area contributed by atoms with E-state index in [1.165, 1.54) is 12.1 Å². The Morgan fingerprint density at radius 1 is 1.03 bits per heavy atom. The van der Waals surface area contributed by atoms with Crippen LogP contribution < -0.4 is 25.3 Å². The van der Waals surface area contributed by atoms with Crippen molar-refractivity contribution in [3.05, 3.63) is 47.5 Å². The highest BCUT2D eigenvalue weighted by molar-refractivity contribution is 5.95. The number of amidine groups is 1. The maximum Gasteiger partial charge on any atom is 0.330 e. The van der Waals surface area contributed by atoms with Crippen molar-refractivity contribution < 1.29 is 49.3 Å². The number of carbonyl (C=O) groups is 1. The number of aliphatic hydroxyl groups excluding tert-OH is 4. The Hall–Kier alpha value is -3.62. The molecule has 0 bridgehead atoms. The van der Waals surface area contributed by atoms with Crippen molar-refractivity contribution >= 4 is 17.5 Å². The summed E-state index contributed by atoms with van der Waals surface area (Å²) in [6.07, 6.45) is -7.82. The van der Waals surface area contributed by atoms with Gasteiger partial charge in [0.2, 0.25) is 6.29 Å². The quantitative estimate of drug-likeness (QED) is 0.135. The summed E-state index contributed by atoms with van der Waals surface area (Å²) in [5.41, 5.74) is 6.41. The van der Waals surface area contributed by atoms with Gasteiger partial charge in [0.25, 0.3) is 0 Å². The molecule has 38 heavy (non-hydrogen) atoms. The van der Waals surface area contributed by atoms with Crippen molar-refractivity contribution in [2.24, 2.45) is 5.73 Å². The van der Waals surface area contributed by atoms with E-state index in [1.807, 2.05) is 0 Å². The van der Waals surface area contributed by atoms with Crippen LogP contribution in [0.15, 0.2) is 36.4 Å². The lowest BCUT2D eigenvalue weighted by molar-refractivity contribution is -0.277. The third kappa shape index (κ3) is 6.44. The zero-order valence-electron chi connectivity index (χ0n) is 20.9. The number of hydrogen-bond donors (Lipinski definition) is 8. The van der Waals surface area contributed by atoms with E-state index in [0.717, 1.165) is 0 Å². The van der Waals surface area contributed by atoms with Crippen LogP contribution in [0.2, 0.25) is 0 Å². The van der Waals surface area contributed by atoms with Gasteiger partial charge < -0.3 is 55.5 Å². The number of hydrogen-bond acceptors (Lipinski definition) is 11. The predicted octanol–water partition coefficient (Wildman–Crippen LogP) is 0.185. The molecule has 0 radical (unpaired) electrons. The first-order chi connectivity index (χ1) is 18.1. The number of rotatable bonds is 12. The number of carboxylic acid groups (broad SMARTS) is 1. The third-order valence-electron chi connectivity index (χ3n) is 5.83. The molecule has 1 heterocycles. The van der Waals surface area contributed by atoms with Crippen molar-refractivity contribution in [3.8, 4) is 17.2 Å². The zero-order valence-corrected chi connectivity index (χ0v) is 20.9. The molecule has 1 fully saturated rings. The molecule has 13 nitrogen and oxygen atoms in total. The number of aliphatic carboxylic acids is 1. The second-order valence-corrected chi connectivity index (χ2v) is 8.42. The second kappa shape index (κ2) is 12.8. The SMILES string of the molecule is CCOc1cc(O[C@@H]2O[C@H](CO)[C@@H](O)[C@H](O)[C@H]2O)c([C@@H](Nc2ccc(C(=N)N)cc2)C(=O)O)cc1OCC. The van der Waals surface area contributed by atoms with E-state index in [2.05, 4.69) is 5.32 Å². The molecule has 0 saturated carbocycles. The molecule has 13 heteroatoms. The first kappa shape index (κ1) is 28.9. The average Bonchev–Trinajstić information content (AvgIpc) is 2.89. The Balaban J connectivity index is 2.06. The van der Waals surface area contributed by atoms with Gasteiger partial charge in [-0.3, -0.25) is 5.41 Å². The third-order valence-corrected chi connectivity index (χ3v) is 5.83. The normalized spacial score (nSPS) is 23.8. The van der Waals surface area contributed by atoms with Crippen LogP contribution in [0.4, 0.5) is 5.69 Å². The largest absolute Gasteiger partial charge is 0.490 e. The summed E-state index contributed by atoms with van der Waals surface area (Å²) in [5.74, 6) is -1.04. The van der Waals surface area contributed by atoms with Crippen LogP contribution in [-0.4, -0.2) is 87.9 Å². The van der Waals surface area contributed by atoms with Crippen LogP contribution in [0, 0.1) is 5.41 Å². The highest BCUT2D eigenvalue weighted by Crippen LogP contribution is 2.40. The molecule has 208 valence electrons. The fourth-order valence-corrected chi connectivity index (χ4v) is 3.90. The number of benzene rings is 2. The van der Waals surface area contributed by atoms with Crippen LogP contribution in [0.1, 0.15) is 31.0 Å². The molecule has 0 amide bonds. The van der Waals surface area contributed by atoms with E-state index >= 15 is 0 Å². The first-order valence-corrected chi connectivity index (χ1v) is 12.0. The minimum atomic E-state index is -1.72. The van der Waals surface area contributed by atoms with Crippen LogP contribution >= 0.6 is 0 Å². The van der Waals surface area contributed by atoms with Gasteiger partial charge in [0, 0.05) is 22.9 Å². The van der Waals surface area contributed by atoms with Gasteiger partial charge in [-0.15, -0.1) is 0 Å². The predicted molar refractivity (Wildman–Crippen MR) is 135 cm³/mol. The summed E-state index contributed by atoms with van der Waals surface area (Å²) in [5, 5.41) is 60.8. The molecule has 0 unspecified atom stereocenters. The maximum absolute atomic E-state index is 12.4. The van der Waals surface area contributed by atoms with E-state index in [9.17, 15) is 30.3 Å². The van der Waals surface area contributed by atoms with Crippen molar-refractivity contribution in [1.82, 2.24) is 0 Å². The zero-order chi connectivity index (χ0) is 28.0. The summed E-state index contributed by atoms with van der Waals surface area (Å²) in [6, 6.07) is 7.61. The maximum atomic E-state index is 12.4. The number of anilines is 1. The van der Waals surface area contributed by atoms with E-state index in [1.54, 1.807) is 38.1 Å². The first-order valence-electron chi connectivity index (χ1n) is 12.0. The minimum absolute atomic E-state index is 0.0667. The fourth-order valence-electron chi connectivity index (χ4n) is 3.90. The van der Waals surface area contributed by atoms with Gasteiger partial charge >= 0.3 is 5.97 Å². The number of nitrogens with one attached hydrogen (secondary N) is 2.